The Morgan fingerprint density at radius 2 is 1.52 bits per heavy atom. The number of halogens is 4. The number of hydrogen-bond donors (Lipinski definition) is 0. The molecule has 2 aliphatic carbocycles. The molecule has 3 rings (SSSR count). The molecule has 5 heteroatoms. The number of alkyl halides is 2. The van der Waals surface area contributed by atoms with Crippen LogP contribution in [0.4, 0.5) is 17.6 Å². The Bertz CT molecular complexity index is 678. The molecule has 0 aromatic heterocycles. The molecule has 1 aromatic rings. The van der Waals surface area contributed by atoms with Crippen LogP contribution in [0.3, 0.4) is 0 Å². The van der Waals surface area contributed by atoms with Crippen molar-refractivity contribution in [1.29, 1.82) is 0 Å². The third-order valence-electron chi connectivity index (χ3n) is 7.34. The van der Waals surface area contributed by atoms with Crippen molar-refractivity contribution in [1.82, 2.24) is 0 Å². The van der Waals surface area contributed by atoms with Gasteiger partial charge < -0.3 is 4.74 Å². The van der Waals surface area contributed by atoms with Crippen molar-refractivity contribution in [3.05, 3.63) is 41.5 Å². The molecule has 2 fully saturated rings. The Kier molecular flexibility index (Phi) is 9.28. The topological polar surface area (TPSA) is 9.23 Å². The lowest BCUT2D eigenvalue weighted by Gasteiger charge is -2.37. The monoisotopic (exact) mass is 440 g/mol. The molecular formula is C26H36F4O. The van der Waals surface area contributed by atoms with Crippen LogP contribution in [0.2, 0.25) is 0 Å². The van der Waals surface area contributed by atoms with Crippen molar-refractivity contribution in [3.8, 4) is 5.75 Å². The zero-order valence-electron chi connectivity index (χ0n) is 18.6. The molecule has 1 aromatic carbocycles. The van der Waals surface area contributed by atoms with Crippen LogP contribution in [0.25, 0.3) is 0 Å². The number of hydrogen-bond acceptors (Lipinski definition) is 1. The zero-order valence-corrected chi connectivity index (χ0v) is 18.6. The molecule has 0 heterocycles. The third-order valence-corrected chi connectivity index (χ3v) is 7.34. The second-order valence-electron chi connectivity index (χ2n) is 9.48. The van der Waals surface area contributed by atoms with Gasteiger partial charge in [-0.2, -0.15) is 8.78 Å². The van der Waals surface area contributed by atoms with E-state index in [4.69, 9.17) is 0 Å². The molecule has 2 aliphatic rings. The minimum Gasteiger partial charge on any atom is -0.429 e. The molecule has 1 nitrogen and oxygen atoms in total. The second kappa shape index (κ2) is 11.9. The van der Waals surface area contributed by atoms with Gasteiger partial charge in [0, 0.05) is 0 Å². The van der Waals surface area contributed by atoms with Gasteiger partial charge in [0.2, 0.25) is 0 Å². The first-order valence-electron chi connectivity index (χ1n) is 12.1. The van der Waals surface area contributed by atoms with Crippen LogP contribution < -0.4 is 4.74 Å². The first kappa shape index (κ1) is 24.1. The van der Waals surface area contributed by atoms with Gasteiger partial charge in [0.25, 0.3) is 0 Å². The normalized spacial score (nSPS) is 27.2. The lowest BCUT2D eigenvalue weighted by atomic mass is 9.68. The molecule has 0 amide bonds. The fourth-order valence-corrected chi connectivity index (χ4v) is 5.54. The minimum atomic E-state index is -3.24. The average molecular weight is 441 g/mol. The summed E-state index contributed by atoms with van der Waals surface area (Å²) in [7, 11) is 0. The minimum absolute atomic E-state index is 0.508. The largest absolute Gasteiger partial charge is 0.429 e. The predicted octanol–water partition coefficient (Wildman–Crippen LogP) is 8.47. The Labute approximate surface area is 184 Å². The quantitative estimate of drug-likeness (QED) is 0.276. The lowest BCUT2D eigenvalue weighted by Crippen LogP contribution is -2.25. The van der Waals surface area contributed by atoms with Gasteiger partial charge in [-0.25, -0.2) is 8.78 Å². The Hall–Kier alpha value is -1.52. The SMILES string of the molecule is CCC/C=C/[C@H]1CC[C@H]([C@H]2CC[C@H](CCc3cc(F)c(OC(F)F)c(F)c3)CC2)CC1. The van der Waals surface area contributed by atoms with E-state index in [1.807, 2.05) is 0 Å². The maximum Gasteiger partial charge on any atom is 0.387 e. The number of rotatable bonds is 9. The van der Waals surface area contributed by atoms with Crippen molar-refractivity contribution in [2.24, 2.45) is 23.7 Å². The number of allylic oxidation sites excluding steroid dienone is 2. The Morgan fingerprint density at radius 3 is 2.06 bits per heavy atom. The number of ether oxygens (including phenoxy) is 1. The molecule has 0 spiro atoms. The molecule has 174 valence electrons. The van der Waals surface area contributed by atoms with Gasteiger partial charge in [-0.1, -0.05) is 38.3 Å². The van der Waals surface area contributed by atoms with Gasteiger partial charge >= 0.3 is 6.61 Å². The van der Waals surface area contributed by atoms with Crippen LogP contribution in [0.15, 0.2) is 24.3 Å². The summed E-state index contributed by atoms with van der Waals surface area (Å²) in [6.07, 6.45) is 18.9. The second-order valence-corrected chi connectivity index (χ2v) is 9.48. The Balaban J connectivity index is 1.40. The van der Waals surface area contributed by atoms with Gasteiger partial charge in [-0.15, -0.1) is 0 Å². The van der Waals surface area contributed by atoms with Crippen LogP contribution in [-0.2, 0) is 6.42 Å². The summed E-state index contributed by atoms with van der Waals surface area (Å²) in [4.78, 5) is 0. The molecule has 31 heavy (non-hydrogen) atoms. The van der Waals surface area contributed by atoms with Gasteiger partial charge in [0.1, 0.15) is 0 Å². The van der Waals surface area contributed by atoms with E-state index >= 15 is 0 Å². The van der Waals surface area contributed by atoms with Crippen molar-refractivity contribution in [2.75, 3.05) is 0 Å². The molecule has 0 unspecified atom stereocenters. The number of benzene rings is 1. The molecule has 0 aliphatic heterocycles. The van der Waals surface area contributed by atoms with E-state index in [2.05, 4.69) is 23.8 Å². The molecule has 0 saturated heterocycles. The van der Waals surface area contributed by atoms with E-state index in [0.29, 0.717) is 17.9 Å². The highest BCUT2D eigenvalue weighted by atomic mass is 19.3. The van der Waals surface area contributed by atoms with Crippen molar-refractivity contribution < 1.29 is 22.3 Å². The van der Waals surface area contributed by atoms with Crippen molar-refractivity contribution in [2.45, 2.75) is 90.6 Å². The summed E-state index contributed by atoms with van der Waals surface area (Å²) in [5, 5.41) is 0. The summed E-state index contributed by atoms with van der Waals surface area (Å²) in [5.74, 6) is -0.0574. The zero-order chi connectivity index (χ0) is 22.2. The average Bonchev–Trinajstić information content (AvgIpc) is 2.76. The molecule has 0 atom stereocenters. The third kappa shape index (κ3) is 7.25. The van der Waals surface area contributed by atoms with E-state index in [0.717, 1.165) is 36.3 Å². The van der Waals surface area contributed by atoms with Crippen LogP contribution in [0, 0.1) is 35.3 Å². The van der Waals surface area contributed by atoms with Gasteiger partial charge in [0.15, 0.2) is 17.4 Å². The van der Waals surface area contributed by atoms with E-state index in [1.54, 1.807) is 0 Å². The summed E-state index contributed by atoms with van der Waals surface area (Å²) in [6, 6.07) is 2.25. The van der Waals surface area contributed by atoms with E-state index in [-0.39, 0.29) is 0 Å². The summed E-state index contributed by atoms with van der Waals surface area (Å²) in [6.45, 7) is -1.02. The predicted molar refractivity (Wildman–Crippen MR) is 116 cm³/mol. The molecule has 0 radical (unpaired) electrons. The fourth-order valence-electron chi connectivity index (χ4n) is 5.54. The summed E-state index contributed by atoms with van der Waals surface area (Å²) < 4.78 is 56.3. The molecule has 0 bridgehead atoms. The van der Waals surface area contributed by atoms with Crippen molar-refractivity contribution >= 4 is 0 Å². The number of unbranched alkanes of at least 4 members (excludes halogenated alkanes) is 1. The maximum atomic E-state index is 13.9. The maximum absolute atomic E-state index is 13.9. The van der Waals surface area contributed by atoms with Gasteiger partial charge in [-0.05, 0) is 99.2 Å². The van der Waals surface area contributed by atoms with E-state index < -0.39 is 24.0 Å². The van der Waals surface area contributed by atoms with Crippen molar-refractivity contribution in [3.63, 3.8) is 0 Å². The van der Waals surface area contributed by atoms with Crippen LogP contribution in [0.1, 0.15) is 83.1 Å². The Morgan fingerprint density at radius 1 is 0.935 bits per heavy atom. The smallest absolute Gasteiger partial charge is 0.387 e. The van der Waals surface area contributed by atoms with E-state index in [1.165, 1.54) is 64.2 Å². The van der Waals surface area contributed by atoms with Crippen LogP contribution >= 0.6 is 0 Å². The lowest BCUT2D eigenvalue weighted by molar-refractivity contribution is -0.0546. The molecular weight excluding hydrogens is 404 g/mol. The van der Waals surface area contributed by atoms with Crippen LogP contribution in [0.5, 0.6) is 5.75 Å². The highest BCUT2D eigenvalue weighted by Crippen LogP contribution is 2.42. The van der Waals surface area contributed by atoms with Crippen LogP contribution in [-0.4, -0.2) is 6.61 Å². The van der Waals surface area contributed by atoms with Gasteiger partial charge in [0.05, 0.1) is 0 Å². The van der Waals surface area contributed by atoms with Gasteiger partial charge in [-0.3, -0.25) is 0 Å². The standard InChI is InChI=1S/C26H36F4O/c1-2-3-4-5-18-8-12-21(13-9-18)22-14-10-19(11-15-22)6-7-20-16-23(27)25(24(28)17-20)31-26(29)30/h4-5,16-19,21-22,26H,2-3,6-15H2,1H3/b5-4+/t18-,19-,21-,22-. The summed E-state index contributed by atoms with van der Waals surface area (Å²) >= 11 is 0. The highest BCUT2D eigenvalue weighted by molar-refractivity contribution is 5.31. The highest BCUT2D eigenvalue weighted by Gasteiger charge is 2.30. The summed E-state index contributed by atoms with van der Waals surface area (Å²) in [5.41, 5.74) is 0.508. The number of aryl methyl sites for hydroxylation is 1. The molecule has 2 saturated carbocycles. The first-order valence-corrected chi connectivity index (χ1v) is 12.1. The van der Waals surface area contributed by atoms with E-state index in [9.17, 15) is 17.6 Å². The molecule has 0 N–H and O–H groups in total. The fraction of sp³-hybridized carbons (Fsp3) is 0.692. The first-order chi connectivity index (χ1) is 15.0.